The Kier molecular flexibility index (Phi) is 6.09. The molecule has 2 saturated heterocycles. The molecule has 0 radical (unpaired) electrons. The van der Waals surface area contributed by atoms with Crippen LogP contribution in [0.4, 0.5) is 5.69 Å². The van der Waals surface area contributed by atoms with Crippen LogP contribution in [-0.2, 0) is 24.7 Å². The van der Waals surface area contributed by atoms with Crippen LogP contribution < -0.4 is 10.2 Å². The van der Waals surface area contributed by atoms with Crippen molar-refractivity contribution in [2.45, 2.75) is 11.6 Å². The number of carbonyl (C=O) groups excluding carboxylic acids is 3. The van der Waals surface area contributed by atoms with Crippen molar-refractivity contribution in [3.8, 4) is 0 Å². The SMILES string of the molecule is COC(=O)[C@@H]1NC(c2cccc(Cl)c2)(c2cccc(Cl)c2)[C@H]2C(=O)N(c3ccc(Cl)cc3)C(=O)[C@@H]12. The predicted octanol–water partition coefficient (Wildman–Crippen LogP) is 4.84. The Morgan fingerprint density at radius 3 is 1.94 bits per heavy atom. The smallest absolute Gasteiger partial charge is 0.323 e. The lowest BCUT2D eigenvalue weighted by Gasteiger charge is -2.36. The Bertz CT molecular complexity index is 1300. The molecule has 2 fully saturated rings. The number of amides is 2. The minimum atomic E-state index is -1.28. The molecule has 0 aromatic heterocycles. The number of nitrogens with zero attached hydrogens (tertiary/aromatic N) is 1. The molecule has 1 N–H and O–H groups in total. The molecule has 2 amide bonds. The highest BCUT2D eigenvalue weighted by Gasteiger charge is 2.68. The second kappa shape index (κ2) is 8.95. The fraction of sp³-hybridized carbons (Fsp3) is 0.192. The molecule has 3 aromatic carbocycles. The predicted molar refractivity (Wildman–Crippen MR) is 134 cm³/mol. The van der Waals surface area contributed by atoms with Gasteiger partial charge >= 0.3 is 5.97 Å². The quantitative estimate of drug-likeness (QED) is 0.387. The maximum atomic E-state index is 14.1. The van der Waals surface area contributed by atoms with E-state index in [4.69, 9.17) is 39.5 Å². The Morgan fingerprint density at radius 1 is 0.857 bits per heavy atom. The summed E-state index contributed by atoms with van der Waals surface area (Å²) in [6.07, 6.45) is 0. The van der Waals surface area contributed by atoms with Gasteiger partial charge in [-0.05, 0) is 59.7 Å². The molecule has 0 bridgehead atoms. The first-order valence-electron chi connectivity index (χ1n) is 10.8. The van der Waals surface area contributed by atoms with Gasteiger partial charge in [-0.2, -0.15) is 0 Å². The van der Waals surface area contributed by atoms with Crippen LogP contribution in [0.5, 0.6) is 0 Å². The number of rotatable bonds is 4. The van der Waals surface area contributed by atoms with Crippen molar-refractivity contribution < 1.29 is 19.1 Å². The number of methoxy groups -OCH3 is 1. The summed E-state index contributed by atoms with van der Waals surface area (Å²) in [7, 11) is 1.25. The molecule has 178 valence electrons. The summed E-state index contributed by atoms with van der Waals surface area (Å²) >= 11 is 18.7. The average Bonchev–Trinajstić information content (AvgIpc) is 3.34. The number of anilines is 1. The Hall–Kier alpha value is -2.90. The van der Waals surface area contributed by atoms with Crippen LogP contribution in [-0.4, -0.2) is 30.9 Å². The number of fused-ring (bicyclic) bond motifs is 1. The van der Waals surface area contributed by atoms with Gasteiger partial charge in [0.1, 0.15) is 6.04 Å². The van der Waals surface area contributed by atoms with Gasteiger partial charge in [0, 0.05) is 15.1 Å². The van der Waals surface area contributed by atoms with Gasteiger partial charge in [0.15, 0.2) is 0 Å². The van der Waals surface area contributed by atoms with Crippen molar-refractivity contribution >= 4 is 58.3 Å². The number of nitrogens with one attached hydrogen (secondary N) is 1. The summed E-state index contributed by atoms with van der Waals surface area (Å²) in [6, 6.07) is 19.3. The molecule has 6 nitrogen and oxygen atoms in total. The van der Waals surface area contributed by atoms with E-state index in [0.29, 0.717) is 31.9 Å². The molecular formula is C26H19Cl3N2O4. The van der Waals surface area contributed by atoms with Crippen molar-refractivity contribution in [2.75, 3.05) is 12.0 Å². The zero-order valence-electron chi connectivity index (χ0n) is 18.4. The number of ether oxygens (including phenoxy) is 1. The van der Waals surface area contributed by atoms with Crippen LogP contribution in [0.3, 0.4) is 0 Å². The van der Waals surface area contributed by atoms with Crippen LogP contribution in [0.15, 0.2) is 72.8 Å². The van der Waals surface area contributed by atoms with E-state index in [1.807, 2.05) is 0 Å². The van der Waals surface area contributed by atoms with Gasteiger partial charge < -0.3 is 4.74 Å². The molecule has 0 aliphatic carbocycles. The van der Waals surface area contributed by atoms with E-state index in [0.717, 1.165) is 4.90 Å². The normalized spacial score (nSPS) is 22.9. The summed E-state index contributed by atoms with van der Waals surface area (Å²) < 4.78 is 5.04. The van der Waals surface area contributed by atoms with Crippen LogP contribution >= 0.6 is 34.8 Å². The Balaban J connectivity index is 1.77. The molecule has 2 aliphatic heterocycles. The number of hydrogen-bond acceptors (Lipinski definition) is 5. The molecule has 0 saturated carbocycles. The van der Waals surface area contributed by atoms with Gasteiger partial charge in [-0.3, -0.25) is 19.7 Å². The second-order valence-electron chi connectivity index (χ2n) is 8.47. The molecular weight excluding hydrogens is 511 g/mol. The fourth-order valence-corrected chi connectivity index (χ4v) is 5.75. The third-order valence-electron chi connectivity index (χ3n) is 6.66. The van der Waals surface area contributed by atoms with Gasteiger partial charge in [0.05, 0.1) is 30.2 Å². The highest BCUT2D eigenvalue weighted by molar-refractivity contribution is 6.31. The third kappa shape index (κ3) is 3.72. The number of esters is 1. The highest BCUT2D eigenvalue weighted by Crippen LogP contribution is 2.53. The number of benzene rings is 3. The Labute approximate surface area is 216 Å². The topological polar surface area (TPSA) is 75.7 Å². The maximum absolute atomic E-state index is 14.1. The molecule has 0 spiro atoms. The van der Waals surface area contributed by atoms with E-state index in [2.05, 4.69) is 5.32 Å². The first kappa shape index (κ1) is 23.8. The van der Waals surface area contributed by atoms with E-state index in [-0.39, 0.29) is 0 Å². The maximum Gasteiger partial charge on any atom is 0.323 e. The molecule has 2 heterocycles. The number of carbonyl (C=O) groups is 3. The first-order valence-corrected chi connectivity index (χ1v) is 11.9. The summed E-state index contributed by atoms with van der Waals surface area (Å²) in [5, 5.41) is 4.65. The van der Waals surface area contributed by atoms with Crippen molar-refractivity contribution in [3.05, 3.63) is 99.0 Å². The van der Waals surface area contributed by atoms with Gasteiger partial charge in [-0.1, -0.05) is 59.1 Å². The van der Waals surface area contributed by atoms with Crippen LogP contribution in [0.2, 0.25) is 15.1 Å². The number of halogens is 3. The second-order valence-corrected chi connectivity index (χ2v) is 9.77. The first-order chi connectivity index (χ1) is 16.8. The van der Waals surface area contributed by atoms with Crippen LogP contribution in [0.25, 0.3) is 0 Å². The van der Waals surface area contributed by atoms with Crippen LogP contribution in [0.1, 0.15) is 11.1 Å². The molecule has 0 unspecified atom stereocenters. The summed E-state index contributed by atoms with van der Waals surface area (Å²) in [4.78, 5) is 41.9. The molecule has 35 heavy (non-hydrogen) atoms. The molecule has 9 heteroatoms. The molecule has 5 rings (SSSR count). The minimum Gasteiger partial charge on any atom is -0.468 e. The monoisotopic (exact) mass is 528 g/mol. The highest BCUT2D eigenvalue weighted by atomic mass is 35.5. The van der Waals surface area contributed by atoms with Gasteiger partial charge in [0.2, 0.25) is 11.8 Å². The van der Waals surface area contributed by atoms with E-state index in [9.17, 15) is 14.4 Å². The molecule has 3 atom stereocenters. The zero-order chi connectivity index (χ0) is 24.9. The van der Waals surface area contributed by atoms with Gasteiger partial charge in [0.25, 0.3) is 0 Å². The summed E-state index contributed by atoms with van der Waals surface area (Å²) in [5.41, 5.74) is 0.321. The van der Waals surface area contributed by atoms with Crippen molar-refractivity contribution in [1.82, 2.24) is 5.32 Å². The van der Waals surface area contributed by atoms with E-state index in [1.165, 1.54) is 7.11 Å². The largest absolute Gasteiger partial charge is 0.468 e. The van der Waals surface area contributed by atoms with Gasteiger partial charge in [-0.15, -0.1) is 0 Å². The van der Waals surface area contributed by atoms with E-state index in [1.54, 1.807) is 72.8 Å². The van der Waals surface area contributed by atoms with Gasteiger partial charge in [-0.25, -0.2) is 4.90 Å². The van der Waals surface area contributed by atoms with E-state index < -0.39 is 41.2 Å². The fourth-order valence-electron chi connectivity index (χ4n) is 5.24. The van der Waals surface area contributed by atoms with Crippen molar-refractivity contribution in [1.29, 1.82) is 0 Å². The lowest BCUT2D eigenvalue weighted by Crippen LogP contribution is -2.52. The molecule has 3 aromatic rings. The minimum absolute atomic E-state index is 0.369. The van der Waals surface area contributed by atoms with Crippen LogP contribution in [0, 0.1) is 11.8 Å². The lowest BCUT2D eigenvalue weighted by molar-refractivity contribution is -0.145. The third-order valence-corrected chi connectivity index (χ3v) is 7.38. The zero-order valence-corrected chi connectivity index (χ0v) is 20.6. The Morgan fingerprint density at radius 2 is 1.43 bits per heavy atom. The summed E-state index contributed by atoms with van der Waals surface area (Å²) in [6.45, 7) is 0. The lowest BCUT2D eigenvalue weighted by atomic mass is 9.71. The molecule has 2 aliphatic rings. The number of hydrogen-bond donors (Lipinski definition) is 1. The summed E-state index contributed by atoms with van der Waals surface area (Å²) in [5.74, 6) is -3.61. The van der Waals surface area contributed by atoms with Crippen molar-refractivity contribution in [3.63, 3.8) is 0 Å². The standard InChI is InChI=1S/C26H19Cl3N2O4/c1-35-25(34)22-20-21(24(33)31(23(20)32)19-10-8-16(27)9-11-19)26(30-22,14-4-2-6-17(28)12-14)15-5-3-7-18(29)13-15/h2-13,20-22,30H,1H3/t20-,21-,22-/m1/s1. The van der Waals surface area contributed by atoms with E-state index >= 15 is 0 Å². The average molecular weight is 530 g/mol. The number of imide groups is 1. The van der Waals surface area contributed by atoms with Crippen molar-refractivity contribution in [2.24, 2.45) is 11.8 Å².